The molecule has 0 atom stereocenters. The first-order valence-electron chi connectivity index (χ1n) is 7.28. The van der Waals surface area contributed by atoms with Crippen molar-refractivity contribution in [3.63, 3.8) is 0 Å². The van der Waals surface area contributed by atoms with Crippen LogP contribution in [0.5, 0.6) is 0 Å². The van der Waals surface area contributed by atoms with Gasteiger partial charge in [0.25, 0.3) is 0 Å². The minimum Gasteiger partial charge on any atom is -0.0843 e. The normalized spacial score (nSPS) is 25.0. The van der Waals surface area contributed by atoms with E-state index in [9.17, 15) is 0 Å². The van der Waals surface area contributed by atoms with Crippen LogP contribution >= 0.6 is 0 Å². The maximum absolute atomic E-state index is 2.43. The Morgan fingerprint density at radius 3 is 2.19 bits per heavy atom. The molecule has 0 bridgehead atoms. The topological polar surface area (TPSA) is 0 Å². The first-order valence-corrected chi connectivity index (χ1v) is 7.28. The van der Waals surface area contributed by atoms with Crippen molar-refractivity contribution in [2.75, 3.05) is 0 Å². The molecule has 90 valence electrons. The van der Waals surface area contributed by atoms with E-state index in [4.69, 9.17) is 0 Å². The van der Waals surface area contributed by atoms with Gasteiger partial charge in [0.2, 0.25) is 0 Å². The van der Waals surface area contributed by atoms with E-state index in [0.717, 1.165) is 11.8 Å². The molecular weight excluding hydrogens is 192 g/mol. The Kier molecular flexibility index (Phi) is 5.18. The maximum Gasteiger partial charge on any atom is -0.0230 e. The second kappa shape index (κ2) is 6.93. The van der Waals surface area contributed by atoms with Crippen LogP contribution in [0.4, 0.5) is 0 Å². The van der Waals surface area contributed by atoms with Gasteiger partial charge in [0.05, 0.1) is 0 Å². The summed E-state index contributed by atoms with van der Waals surface area (Å²) in [4.78, 5) is 0. The molecule has 2 rings (SSSR count). The van der Waals surface area contributed by atoms with E-state index in [1.54, 1.807) is 0 Å². The molecule has 2 saturated carbocycles. The fraction of sp³-hybridized carbons (Fsp3) is 0.750. The van der Waals surface area contributed by atoms with Gasteiger partial charge in [0.15, 0.2) is 0 Å². The molecule has 0 spiro atoms. The van der Waals surface area contributed by atoms with Crippen molar-refractivity contribution in [3.8, 4) is 0 Å². The van der Waals surface area contributed by atoms with Crippen molar-refractivity contribution >= 4 is 0 Å². The van der Waals surface area contributed by atoms with Crippen LogP contribution in [0.1, 0.15) is 64.2 Å². The van der Waals surface area contributed by atoms with Crippen LogP contribution < -0.4 is 0 Å². The van der Waals surface area contributed by atoms with Gasteiger partial charge in [-0.25, -0.2) is 0 Å². The van der Waals surface area contributed by atoms with E-state index >= 15 is 0 Å². The molecule has 0 saturated heterocycles. The Hall–Kier alpha value is -0.520. The lowest BCUT2D eigenvalue weighted by atomic mass is 9.89. The van der Waals surface area contributed by atoms with Crippen molar-refractivity contribution in [1.29, 1.82) is 0 Å². The molecule has 0 unspecified atom stereocenters. The third-order valence-electron chi connectivity index (χ3n) is 4.22. The van der Waals surface area contributed by atoms with Crippen LogP contribution in [0.3, 0.4) is 0 Å². The average molecular weight is 218 g/mol. The van der Waals surface area contributed by atoms with Crippen molar-refractivity contribution in [2.24, 2.45) is 11.8 Å². The highest BCUT2D eigenvalue weighted by Gasteiger charge is 2.12. The summed E-state index contributed by atoms with van der Waals surface area (Å²) in [6.07, 6.45) is 23.8. The van der Waals surface area contributed by atoms with E-state index in [1.165, 1.54) is 64.2 Å². The summed E-state index contributed by atoms with van der Waals surface area (Å²) in [5.74, 6) is 1.88. The molecule has 2 fully saturated rings. The summed E-state index contributed by atoms with van der Waals surface area (Å²) >= 11 is 0. The Bertz CT molecular complexity index is 224. The summed E-state index contributed by atoms with van der Waals surface area (Å²) < 4.78 is 0. The quantitative estimate of drug-likeness (QED) is 0.565. The summed E-state index contributed by atoms with van der Waals surface area (Å²) in [6, 6.07) is 0. The highest BCUT2D eigenvalue weighted by atomic mass is 14.2. The zero-order valence-corrected chi connectivity index (χ0v) is 10.5. The minimum absolute atomic E-state index is 0.880. The van der Waals surface area contributed by atoms with Gasteiger partial charge in [0.1, 0.15) is 0 Å². The molecule has 16 heavy (non-hydrogen) atoms. The lowest BCUT2D eigenvalue weighted by Gasteiger charge is -2.17. The van der Waals surface area contributed by atoms with E-state index in [-0.39, 0.29) is 0 Å². The lowest BCUT2D eigenvalue weighted by molar-refractivity contribution is 0.419. The molecule has 0 aromatic heterocycles. The Morgan fingerprint density at radius 2 is 1.44 bits per heavy atom. The smallest absolute Gasteiger partial charge is 0.0230 e. The molecule has 0 amide bonds. The molecule has 0 N–H and O–H groups in total. The number of allylic oxidation sites excluding steroid dienone is 4. The Morgan fingerprint density at radius 1 is 0.750 bits per heavy atom. The molecule has 0 aromatic carbocycles. The van der Waals surface area contributed by atoms with Crippen LogP contribution in [0.2, 0.25) is 0 Å². The summed E-state index contributed by atoms with van der Waals surface area (Å²) in [6.45, 7) is 0. The highest BCUT2D eigenvalue weighted by Crippen LogP contribution is 2.28. The highest BCUT2D eigenvalue weighted by molar-refractivity contribution is 5.05. The molecule has 0 aromatic rings. The molecular formula is C16H26. The summed E-state index contributed by atoms with van der Waals surface area (Å²) in [5, 5.41) is 0. The molecule has 0 nitrogen and oxygen atoms in total. The second-order valence-electron chi connectivity index (χ2n) is 5.60. The zero-order valence-electron chi connectivity index (χ0n) is 10.5. The monoisotopic (exact) mass is 218 g/mol. The van der Waals surface area contributed by atoms with E-state index in [2.05, 4.69) is 24.3 Å². The van der Waals surface area contributed by atoms with Crippen molar-refractivity contribution in [2.45, 2.75) is 64.2 Å². The average Bonchev–Trinajstić information content (AvgIpc) is 2.83. The van der Waals surface area contributed by atoms with Gasteiger partial charge in [-0.1, -0.05) is 69.2 Å². The number of hydrogen-bond donors (Lipinski definition) is 0. The first-order chi connectivity index (χ1) is 7.95. The fourth-order valence-electron chi connectivity index (χ4n) is 3.14. The maximum atomic E-state index is 2.43. The van der Waals surface area contributed by atoms with E-state index in [1.807, 2.05) is 0 Å². The number of rotatable bonds is 4. The lowest BCUT2D eigenvalue weighted by Crippen LogP contribution is -2.02. The van der Waals surface area contributed by atoms with Crippen LogP contribution in [-0.4, -0.2) is 0 Å². The molecule has 2 aliphatic carbocycles. The van der Waals surface area contributed by atoms with Gasteiger partial charge < -0.3 is 0 Å². The van der Waals surface area contributed by atoms with Crippen LogP contribution in [0, 0.1) is 11.8 Å². The predicted molar refractivity (Wildman–Crippen MR) is 71.4 cm³/mol. The first kappa shape index (κ1) is 12.0. The second-order valence-corrected chi connectivity index (χ2v) is 5.60. The Labute approximate surface area is 101 Å². The summed E-state index contributed by atoms with van der Waals surface area (Å²) in [5.41, 5.74) is 0. The fourth-order valence-corrected chi connectivity index (χ4v) is 3.14. The molecule has 0 aliphatic heterocycles. The van der Waals surface area contributed by atoms with Crippen LogP contribution in [-0.2, 0) is 0 Å². The molecule has 2 aliphatic rings. The summed E-state index contributed by atoms with van der Waals surface area (Å²) in [7, 11) is 0. The van der Waals surface area contributed by atoms with Crippen LogP contribution in [0.15, 0.2) is 24.3 Å². The zero-order chi connectivity index (χ0) is 11.1. The molecule has 0 radical (unpaired) electrons. The van der Waals surface area contributed by atoms with Crippen LogP contribution in [0.25, 0.3) is 0 Å². The third kappa shape index (κ3) is 4.15. The van der Waals surface area contributed by atoms with Gasteiger partial charge >= 0.3 is 0 Å². The number of hydrogen-bond acceptors (Lipinski definition) is 0. The largest absolute Gasteiger partial charge is 0.0843 e. The Balaban J connectivity index is 1.61. The predicted octanol–water partition coefficient (Wildman–Crippen LogP) is 5.26. The van der Waals surface area contributed by atoms with Gasteiger partial charge in [0, 0.05) is 0 Å². The van der Waals surface area contributed by atoms with Crippen molar-refractivity contribution < 1.29 is 0 Å². The van der Waals surface area contributed by atoms with Gasteiger partial charge in [-0.2, -0.15) is 0 Å². The SMILES string of the molecule is C(/C=C/C1CCCCC1)=C\CC1CCCC1. The minimum atomic E-state index is 0.880. The standard InChI is InChI=1S/C16H26/c1-3-9-15(10-4-1)11-5-2-6-12-16-13-7-8-14-16/h2,5-6,11,15-16H,1,3-4,7-10,12-14H2/b6-2+,11-5+. The molecule has 0 heterocycles. The van der Waals surface area contributed by atoms with Crippen molar-refractivity contribution in [1.82, 2.24) is 0 Å². The van der Waals surface area contributed by atoms with Gasteiger partial charge in [-0.15, -0.1) is 0 Å². The van der Waals surface area contributed by atoms with E-state index < -0.39 is 0 Å². The third-order valence-corrected chi connectivity index (χ3v) is 4.22. The van der Waals surface area contributed by atoms with Gasteiger partial charge in [-0.05, 0) is 31.1 Å². The van der Waals surface area contributed by atoms with Gasteiger partial charge in [-0.3, -0.25) is 0 Å². The van der Waals surface area contributed by atoms with E-state index in [0.29, 0.717) is 0 Å². The molecule has 0 heteroatoms. The van der Waals surface area contributed by atoms with Crippen molar-refractivity contribution in [3.05, 3.63) is 24.3 Å².